The highest BCUT2D eigenvalue weighted by atomic mass is 16.2. The second-order valence-electron chi connectivity index (χ2n) is 6.06. The van der Waals surface area contributed by atoms with Crippen molar-refractivity contribution in [1.82, 2.24) is 19.9 Å². The Morgan fingerprint density at radius 1 is 1.57 bits per heavy atom. The molecule has 0 bridgehead atoms. The minimum Gasteiger partial charge on any atom is -0.356 e. The van der Waals surface area contributed by atoms with Crippen LogP contribution in [-0.4, -0.2) is 51.9 Å². The standard InChI is InChI=1S/C16H20N6O/c1-11-9-22(8-5-13(11)21(2)14(23)3-6-17)16-12-4-7-18-15(12)19-10-20-16/h4,7,10-11,13H,3,5,8-9H2,1-2H3,(H,18,19,20)/t11-,13+/m1/s1. The van der Waals surface area contributed by atoms with Gasteiger partial charge >= 0.3 is 0 Å². The largest absolute Gasteiger partial charge is 0.356 e. The normalized spacial score (nSPS) is 21.2. The smallest absolute Gasteiger partial charge is 0.236 e. The first-order valence-electron chi connectivity index (χ1n) is 7.77. The van der Waals surface area contributed by atoms with Crippen molar-refractivity contribution < 1.29 is 4.79 Å². The van der Waals surface area contributed by atoms with Crippen LogP contribution in [0.2, 0.25) is 0 Å². The Hall–Kier alpha value is -2.62. The molecular weight excluding hydrogens is 292 g/mol. The van der Waals surface area contributed by atoms with E-state index in [9.17, 15) is 4.79 Å². The molecule has 0 spiro atoms. The Morgan fingerprint density at radius 2 is 2.39 bits per heavy atom. The molecule has 7 heteroatoms. The third-order valence-corrected chi connectivity index (χ3v) is 4.61. The van der Waals surface area contributed by atoms with Crippen LogP contribution in [0, 0.1) is 17.2 Å². The molecule has 3 rings (SSSR count). The van der Waals surface area contributed by atoms with Gasteiger partial charge < -0.3 is 14.8 Å². The second kappa shape index (κ2) is 6.24. The summed E-state index contributed by atoms with van der Waals surface area (Å²) in [5.41, 5.74) is 0.839. The lowest BCUT2D eigenvalue weighted by atomic mass is 9.92. The molecule has 2 atom stereocenters. The number of hydrogen-bond donors (Lipinski definition) is 1. The molecule has 3 heterocycles. The van der Waals surface area contributed by atoms with E-state index in [1.165, 1.54) is 0 Å². The number of anilines is 1. The number of fused-ring (bicyclic) bond motifs is 1. The third-order valence-electron chi connectivity index (χ3n) is 4.61. The average molecular weight is 312 g/mol. The maximum absolute atomic E-state index is 11.9. The van der Waals surface area contributed by atoms with Gasteiger partial charge in [0.25, 0.3) is 0 Å². The lowest BCUT2D eigenvalue weighted by Gasteiger charge is -2.41. The molecule has 1 fully saturated rings. The number of nitrogens with one attached hydrogen (secondary N) is 1. The minimum atomic E-state index is -0.104. The molecule has 23 heavy (non-hydrogen) atoms. The molecule has 2 aromatic heterocycles. The number of amides is 1. The molecule has 0 saturated carbocycles. The summed E-state index contributed by atoms with van der Waals surface area (Å²) in [4.78, 5) is 27.7. The van der Waals surface area contributed by atoms with Crippen LogP contribution in [0.4, 0.5) is 5.82 Å². The van der Waals surface area contributed by atoms with Crippen molar-refractivity contribution in [2.24, 2.45) is 5.92 Å². The lowest BCUT2D eigenvalue weighted by Crippen LogP contribution is -2.51. The van der Waals surface area contributed by atoms with E-state index >= 15 is 0 Å². The molecule has 1 aliphatic rings. The topological polar surface area (TPSA) is 88.9 Å². The number of nitriles is 1. The number of hydrogen-bond acceptors (Lipinski definition) is 5. The van der Waals surface area contributed by atoms with Crippen molar-refractivity contribution in [2.45, 2.75) is 25.8 Å². The summed E-state index contributed by atoms with van der Waals surface area (Å²) >= 11 is 0. The molecule has 1 aliphatic heterocycles. The lowest BCUT2D eigenvalue weighted by molar-refractivity contribution is -0.132. The van der Waals surface area contributed by atoms with Crippen molar-refractivity contribution in [2.75, 3.05) is 25.0 Å². The highest BCUT2D eigenvalue weighted by Crippen LogP contribution is 2.28. The van der Waals surface area contributed by atoms with Gasteiger partial charge in [-0.3, -0.25) is 4.79 Å². The summed E-state index contributed by atoms with van der Waals surface area (Å²) in [6.45, 7) is 3.80. The molecule has 2 aromatic rings. The Balaban J connectivity index is 1.75. The summed E-state index contributed by atoms with van der Waals surface area (Å²) in [7, 11) is 1.80. The fraction of sp³-hybridized carbons (Fsp3) is 0.500. The SMILES string of the molecule is C[C@@H]1CN(c2ncnc3[nH]ccc23)CC[C@@H]1N(C)C(=O)CC#N. The van der Waals surface area contributed by atoms with Gasteiger partial charge in [-0.2, -0.15) is 5.26 Å². The first kappa shape index (κ1) is 15.3. The molecule has 1 N–H and O–H groups in total. The molecule has 0 unspecified atom stereocenters. The maximum Gasteiger partial charge on any atom is 0.236 e. The molecule has 120 valence electrons. The highest BCUT2D eigenvalue weighted by molar-refractivity contribution is 5.87. The van der Waals surface area contributed by atoms with Crippen molar-refractivity contribution in [1.29, 1.82) is 5.26 Å². The Morgan fingerprint density at radius 3 is 3.13 bits per heavy atom. The van der Waals surface area contributed by atoms with Gasteiger partial charge in [-0.1, -0.05) is 6.92 Å². The zero-order chi connectivity index (χ0) is 16.4. The molecule has 1 saturated heterocycles. The van der Waals surface area contributed by atoms with Crippen LogP contribution in [0.15, 0.2) is 18.6 Å². The summed E-state index contributed by atoms with van der Waals surface area (Å²) in [5, 5.41) is 9.72. The molecule has 7 nitrogen and oxygen atoms in total. The number of carbonyl (C=O) groups excluding carboxylic acids is 1. The Kier molecular flexibility index (Phi) is 4.15. The van der Waals surface area contributed by atoms with E-state index < -0.39 is 0 Å². The van der Waals surface area contributed by atoms with Crippen molar-refractivity contribution >= 4 is 22.8 Å². The summed E-state index contributed by atoms with van der Waals surface area (Å²) < 4.78 is 0. The van der Waals surface area contributed by atoms with Crippen LogP contribution >= 0.6 is 0 Å². The highest BCUT2D eigenvalue weighted by Gasteiger charge is 2.32. The van der Waals surface area contributed by atoms with Crippen LogP contribution in [0.3, 0.4) is 0 Å². The van der Waals surface area contributed by atoms with Gasteiger partial charge in [-0.05, 0) is 18.4 Å². The summed E-state index contributed by atoms with van der Waals surface area (Å²) in [6, 6.07) is 4.08. The van der Waals surface area contributed by atoms with Gasteiger partial charge in [0.1, 0.15) is 24.2 Å². The van der Waals surface area contributed by atoms with Gasteiger partial charge in [-0.25, -0.2) is 9.97 Å². The predicted octanol–water partition coefficient (Wildman–Crippen LogP) is 1.54. The van der Waals surface area contributed by atoms with Crippen LogP contribution in [0.5, 0.6) is 0 Å². The number of H-pyrrole nitrogens is 1. The second-order valence-corrected chi connectivity index (χ2v) is 6.06. The summed E-state index contributed by atoms with van der Waals surface area (Å²) in [5.74, 6) is 1.14. The van der Waals surface area contributed by atoms with Crippen LogP contribution in [0.1, 0.15) is 19.8 Å². The molecule has 0 radical (unpaired) electrons. The Bertz CT molecular complexity index is 748. The Labute approximate surface area is 134 Å². The van der Waals surface area contributed by atoms with Gasteiger partial charge in [0, 0.05) is 32.4 Å². The molecule has 1 amide bonds. The fourth-order valence-electron chi connectivity index (χ4n) is 3.39. The van der Waals surface area contributed by atoms with Gasteiger partial charge in [0.15, 0.2) is 0 Å². The molecular formula is C16H20N6O. The fourth-order valence-corrected chi connectivity index (χ4v) is 3.39. The van der Waals surface area contributed by atoms with Gasteiger partial charge in [0.05, 0.1) is 11.5 Å². The van der Waals surface area contributed by atoms with Crippen LogP contribution in [-0.2, 0) is 4.79 Å². The van der Waals surface area contributed by atoms with E-state index in [2.05, 4.69) is 26.8 Å². The van der Waals surface area contributed by atoms with Gasteiger partial charge in [-0.15, -0.1) is 0 Å². The minimum absolute atomic E-state index is 0.0562. The van der Waals surface area contributed by atoms with E-state index in [1.54, 1.807) is 18.3 Å². The monoisotopic (exact) mass is 312 g/mol. The first-order chi connectivity index (χ1) is 11.1. The quantitative estimate of drug-likeness (QED) is 0.928. The molecule has 0 aromatic carbocycles. The average Bonchev–Trinajstić information content (AvgIpc) is 3.03. The number of piperidine rings is 1. The van der Waals surface area contributed by atoms with E-state index in [1.807, 2.05) is 18.3 Å². The number of carbonyl (C=O) groups is 1. The third kappa shape index (κ3) is 2.84. The maximum atomic E-state index is 11.9. The molecule has 0 aliphatic carbocycles. The van der Waals surface area contributed by atoms with Crippen LogP contribution < -0.4 is 4.90 Å². The van der Waals surface area contributed by atoms with E-state index in [0.717, 1.165) is 36.4 Å². The van der Waals surface area contributed by atoms with Crippen molar-refractivity contribution in [3.63, 3.8) is 0 Å². The number of rotatable bonds is 3. The van der Waals surface area contributed by atoms with Gasteiger partial charge in [0.2, 0.25) is 5.91 Å². The van der Waals surface area contributed by atoms with E-state index in [-0.39, 0.29) is 18.4 Å². The first-order valence-corrected chi connectivity index (χ1v) is 7.77. The zero-order valence-electron chi connectivity index (χ0n) is 13.4. The summed E-state index contributed by atoms with van der Waals surface area (Å²) in [6.07, 6.45) is 4.25. The predicted molar refractivity (Wildman–Crippen MR) is 86.7 cm³/mol. The number of aromatic amines is 1. The van der Waals surface area contributed by atoms with Crippen molar-refractivity contribution in [3.8, 4) is 6.07 Å². The number of nitrogens with zero attached hydrogens (tertiary/aromatic N) is 5. The number of aromatic nitrogens is 3. The van der Waals surface area contributed by atoms with Crippen molar-refractivity contribution in [3.05, 3.63) is 18.6 Å². The zero-order valence-corrected chi connectivity index (χ0v) is 13.4. The van der Waals surface area contributed by atoms with E-state index in [4.69, 9.17) is 5.26 Å². The van der Waals surface area contributed by atoms with E-state index in [0.29, 0.717) is 5.92 Å². The van der Waals surface area contributed by atoms with Crippen LogP contribution in [0.25, 0.3) is 11.0 Å².